The van der Waals surface area contributed by atoms with Crippen LogP contribution in [0.2, 0.25) is 0 Å². The summed E-state index contributed by atoms with van der Waals surface area (Å²) < 4.78 is 31.0. The summed E-state index contributed by atoms with van der Waals surface area (Å²) in [4.78, 5) is 29.0. The van der Waals surface area contributed by atoms with E-state index < -0.39 is 22.4 Å². The minimum atomic E-state index is -1.25. The Balaban J connectivity index is 1.86. The molecule has 166 valence electrons. The minimum Gasteiger partial charge on any atom is -0.468 e. The lowest BCUT2D eigenvalue weighted by Gasteiger charge is -2.25. The molecule has 0 fully saturated rings. The summed E-state index contributed by atoms with van der Waals surface area (Å²) in [6.07, 6.45) is 0.00788. The summed E-state index contributed by atoms with van der Waals surface area (Å²) in [6, 6.07) is 12.0. The zero-order valence-corrected chi connectivity index (χ0v) is 19.8. The third kappa shape index (κ3) is 4.12. The molecule has 2 aromatic carbocycles. The van der Waals surface area contributed by atoms with Gasteiger partial charge < -0.3 is 13.6 Å². The molecule has 1 atom stereocenters. The number of esters is 1. The van der Waals surface area contributed by atoms with Gasteiger partial charge in [0.1, 0.15) is 16.3 Å². The van der Waals surface area contributed by atoms with Gasteiger partial charge in [-0.3, -0.25) is 9.36 Å². The Bertz CT molecular complexity index is 1380. The van der Waals surface area contributed by atoms with Crippen LogP contribution in [0.5, 0.6) is 0 Å². The van der Waals surface area contributed by atoms with Gasteiger partial charge in [0.25, 0.3) is 0 Å². The molecule has 4 rings (SSSR count). The number of rotatable bonds is 6. The number of hydrogen-bond donors (Lipinski definition) is 0. The van der Waals surface area contributed by atoms with Crippen LogP contribution in [0, 0.1) is 12.7 Å². The van der Waals surface area contributed by atoms with E-state index in [4.69, 9.17) is 13.6 Å². The van der Waals surface area contributed by atoms with Crippen molar-refractivity contribution < 1.29 is 22.8 Å². The highest BCUT2D eigenvalue weighted by Crippen LogP contribution is 2.40. The van der Waals surface area contributed by atoms with Crippen molar-refractivity contribution in [1.82, 2.24) is 9.55 Å². The van der Waals surface area contributed by atoms with E-state index in [0.717, 1.165) is 11.8 Å². The summed E-state index contributed by atoms with van der Waals surface area (Å²) in [7, 11) is 1.27. The van der Waals surface area contributed by atoms with Gasteiger partial charge in [-0.2, -0.15) is 0 Å². The number of halogens is 2. The van der Waals surface area contributed by atoms with Crippen molar-refractivity contribution in [2.75, 3.05) is 7.11 Å². The Morgan fingerprint density at radius 1 is 1.28 bits per heavy atom. The summed E-state index contributed by atoms with van der Waals surface area (Å²) >= 11 is 4.37. The standard InChI is InChI=1S/C22H18BrFN2O5S/c1-12-18(31-21(28)30-12)11-22(2,19(27)29-3)32-20-25-15-6-4-5-7-17(15)26(20)16-9-8-13(23)10-14(16)24/h4-10H,11H2,1-3H3. The number of imidazole rings is 1. The maximum Gasteiger partial charge on any atom is 0.519 e. The van der Waals surface area contributed by atoms with E-state index in [2.05, 4.69) is 20.9 Å². The quantitative estimate of drug-likeness (QED) is 0.259. The molecule has 10 heteroatoms. The van der Waals surface area contributed by atoms with Gasteiger partial charge in [0.15, 0.2) is 10.9 Å². The molecular weight excluding hydrogens is 503 g/mol. The SMILES string of the molecule is COC(=O)C(C)(Cc1oc(=O)oc1C)Sc1nc2ccccc2n1-c1ccc(Br)cc1F. The van der Waals surface area contributed by atoms with E-state index in [1.807, 2.05) is 18.2 Å². The second kappa shape index (κ2) is 8.59. The van der Waals surface area contributed by atoms with E-state index in [1.54, 1.807) is 36.6 Å². The second-order valence-electron chi connectivity index (χ2n) is 7.25. The van der Waals surface area contributed by atoms with Crippen LogP contribution in [0.25, 0.3) is 16.7 Å². The first kappa shape index (κ1) is 22.3. The molecule has 0 aliphatic heterocycles. The van der Waals surface area contributed by atoms with E-state index in [-0.39, 0.29) is 23.6 Å². The summed E-state index contributed by atoms with van der Waals surface area (Å²) in [6.45, 7) is 3.23. The van der Waals surface area contributed by atoms with Crippen molar-refractivity contribution in [3.8, 4) is 5.69 Å². The number of thioether (sulfide) groups is 1. The minimum absolute atomic E-state index is 0.00788. The van der Waals surface area contributed by atoms with Crippen LogP contribution in [-0.4, -0.2) is 27.4 Å². The average Bonchev–Trinajstić information content (AvgIpc) is 3.25. The Morgan fingerprint density at radius 3 is 2.69 bits per heavy atom. The average molecular weight is 521 g/mol. The smallest absolute Gasteiger partial charge is 0.468 e. The van der Waals surface area contributed by atoms with Gasteiger partial charge in [-0.1, -0.05) is 39.8 Å². The predicted octanol–water partition coefficient (Wildman–Crippen LogP) is 5.05. The zero-order valence-electron chi connectivity index (χ0n) is 17.3. The number of hydrogen-bond acceptors (Lipinski definition) is 7. The van der Waals surface area contributed by atoms with Gasteiger partial charge in [0.05, 0.1) is 23.8 Å². The molecule has 4 aromatic rings. The van der Waals surface area contributed by atoms with Crippen LogP contribution in [0.4, 0.5) is 4.39 Å². The lowest BCUT2D eigenvalue weighted by atomic mass is 10.0. The fraction of sp³-hybridized carbons (Fsp3) is 0.227. The van der Waals surface area contributed by atoms with E-state index >= 15 is 0 Å². The molecule has 0 bridgehead atoms. The normalized spacial score (nSPS) is 13.3. The van der Waals surface area contributed by atoms with Crippen molar-refractivity contribution >= 4 is 44.7 Å². The van der Waals surface area contributed by atoms with Crippen molar-refractivity contribution in [3.05, 3.63) is 74.9 Å². The number of para-hydroxylation sites is 2. The molecule has 0 spiro atoms. The van der Waals surface area contributed by atoms with Gasteiger partial charge in [-0.25, -0.2) is 14.2 Å². The number of ether oxygens (including phenoxy) is 1. The molecule has 0 saturated heterocycles. The summed E-state index contributed by atoms with van der Waals surface area (Å²) in [5.74, 6) is -1.36. The third-order valence-electron chi connectivity index (χ3n) is 4.95. The molecule has 0 amide bonds. The number of carbonyl (C=O) groups is 1. The van der Waals surface area contributed by atoms with Gasteiger partial charge in [-0.15, -0.1) is 0 Å². The fourth-order valence-corrected chi connectivity index (χ4v) is 4.92. The van der Waals surface area contributed by atoms with Gasteiger partial charge in [-0.05, 0) is 44.2 Å². The van der Waals surface area contributed by atoms with Crippen molar-refractivity contribution in [3.63, 3.8) is 0 Å². The molecule has 1 unspecified atom stereocenters. The zero-order chi connectivity index (χ0) is 23.0. The number of aromatic nitrogens is 2. The first-order valence-electron chi connectivity index (χ1n) is 9.51. The predicted molar refractivity (Wildman–Crippen MR) is 121 cm³/mol. The maximum atomic E-state index is 14.9. The number of benzene rings is 2. The number of fused-ring (bicyclic) bond motifs is 1. The molecule has 2 aromatic heterocycles. The third-order valence-corrected chi connectivity index (χ3v) is 6.66. The summed E-state index contributed by atoms with van der Waals surface area (Å²) in [5, 5.41) is 0.379. The van der Waals surface area contributed by atoms with Crippen molar-refractivity contribution in [2.24, 2.45) is 0 Å². The largest absolute Gasteiger partial charge is 0.519 e. The first-order chi connectivity index (χ1) is 15.2. The van der Waals surface area contributed by atoms with E-state index in [1.165, 1.54) is 13.2 Å². The summed E-state index contributed by atoms with van der Waals surface area (Å²) in [5.41, 5.74) is 1.59. The Labute approximate surface area is 194 Å². The van der Waals surface area contributed by atoms with Crippen LogP contribution in [0.3, 0.4) is 0 Å². The Morgan fingerprint density at radius 2 is 2.03 bits per heavy atom. The number of aryl methyl sites for hydroxylation is 1. The molecule has 2 heterocycles. The lowest BCUT2D eigenvalue weighted by Crippen LogP contribution is -2.36. The van der Waals surface area contributed by atoms with Gasteiger partial charge in [0.2, 0.25) is 0 Å². The van der Waals surface area contributed by atoms with Crippen LogP contribution in [0.15, 0.2) is 65.7 Å². The molecule has 0 aliphatic rings. The van der Waals surface area contributed by atoms with Crippen molar-refractivity contribution in [1.29, 1.82) is 0 Å². The van der Waals surface area contributed by atoms with Gasteiger partial charge >= 0.3 is 11.8 Å². The number of nitrogens with zero attached hydrogens (tertiary/aromatic N) is 2. The molecule has 0 saturated carbocycles. The Kier molecular flexibility index (Phi) is 6.00. The molecule has 0 aliphatic carbocycles. The maximum absolute atomic E-state index is 14.9. The molecule has 32 heavy (non-hydrogen) atoms. The van der Waals surface area contributed by atoms with Crippen LogP contribution in [-0.2, 0) is 16.0 Å². The second-order valence-corrected chi connectivity index (χ2v) is 9.63. The first-order valence-corrected chi connectivity index (χ1v) is 11.1. The highest BCUT2D eigenvalue weighted by molar-refractivity contribution is 9.10. The number of carbonyl (C=O) groups excluding carboxylic acids is 1. The highest BCUT2D eigenvalue weighted by Gasteiger charge is 2.40. The molecular formula is C22H18BrFN2O5S. The monoisotopic (exact) mass is 520 g/mol. The molecule has 0 radical (unpaired) electrons. The number of methoxy groups -OCH3 is 1. The van der Waals surface area contributed by atoms with E-state index in [9.17, 15) is 14.0 Å². The van der Waals surface area contributed by atoms with Crippen molar-refractivity contribution in [2.45, 2.75) is 30.2 Å². The van der Waals surface area contributed by atoms with Crippen LogP contribution in [0.1, 0.15) is 18.4 Å². The fourth-order valence-electron chi connectivity index (χ4n) is 3.38. The Hall–Kier alpha value is -2.85. The molecule has 7 nitrogen and oxygen atoms in total. The topological polar surface area (TPSA) is 87.5 Å². The molecule has 0 N–H and O–H groups in total. The van der Waals surface area contributed by atoms with Crippen LogP contribution < -0.4 is 5.82 Å². The highest BCUT2D eigenvalue weighted by atomic mass is 79.9. The van der Waals surface area contributed by atoms with E-state index in [0.29, 0.717) is 20.7 Å². The van der Waals surface area contributed by atoms with Gasteiger partial charge in [0, 0.05) is 10.9 Å². The van der Waals surface area contributed by atoms with Crippen LogP contribution >= 0.6 is 27.7 Å². The lowest BCUT2D eigenvalue weighted by molar-refractivity contribution is -0.143.